The zero-order valence-corrected chi connectivity index (χ0v) is 19.2. The summed E-state index contributed by atoms with van der Waals surface area (Å²) in [5.41, 5.74) is 2.58. The van der Waals surface area contributed by atoms with Crippen molar-refractivity contribution in [3.05, 3.63) is 53.6 Å². The predicted molar refractivity (Wildman–Crippen MR) is 125 cm³/mol. The van der Waals surface area contributed by atoms with Crippen molar-refractivity contribution in [2.75, 3.05) is 45.3 Å². The maximum atomic E-state index is 12.7. The molecule has 0 saturated carbocycles. The minimum Gasteiger partial charge on any atom is -0.490 e. The van der Waals surface area contributed by atoms with E-state index in [0.29, 0.717) is 30.2 Å². The second-order valence-electron chi connectivity index (χ2n) is 8.07. The van der Waals surface area contributed by atoms with Crippen molar-refractivity contribution < 1.29 is 19.1 Å². The Morgan fingerprint density at radius 2 is 1.78 bits per heavy atom. The minimum absolute atomic E-state index is 0.0195. The van der Waals surface area contributed by atoms with E-state index in [4.69, 9.17) is 9.47 Å². The molecular weight excluding hydrogens is 406 g/mol. The average molecular weight is 440 g/mol. The number of hydrogen-bond donors (Lipinski definition) is 1. The molecule has 7 nitrogen and oxygen atoms in total. The van der Waals surface area contributed by atoms with E-state index in [-0.39, 0.29) is 18.4 Å². The molecule has 1 aliphatic heterocycles. The molecule has 0 aliphatic carbocycles. The number of nitrogens with one attached hydrogen (secondary N) is 1. The lowest BCUT2D eigenvalue weighted by molar-refractivity contribution is -0.134. The average Bonchev–Trinajstić information content (AvgIpc) is 2.82. The van der Waals surface area contributed by atoms with E-state index in [0.717, 1.165) is 37.2 Å². The van der Waals surface area contributed by atoms with Crippen LogP contribution in [0.25, 0.3) is 0 Å². The van der Waals surface area contributed by atoms with Crippen LogP contribution in [-0.2, 0) is 11.3 Å². The van der Waals surface area contributed by atoms with Crippen molar-refractivity contribution in [3.8, 4) is 11.5 Å². The van der Waals surface area contributed by atoms with Gasteiger partial charge in [-0.25, -0.2) is 0 Å². The summed E-state index contributed by atoms with van der Waals surface area (Å²) in [5.74, 6) is 0.708. The fourth-order valence-corrected chi connectivity index (χ4v) is 3.64. The fourth-order valence-electron chi connectivity index (χ4n) is 3.64. The standard InChI is InChI=1S/C25H33N3O4/c1-4-31-23-16-20(25(30)26-17-19-9-8-10-21(15-19)27(2)3)11-12-22(23)32-18-24(29)28-13-6-5-7-14-28/h8-12,15-16H,4-7,13-14,17-18H2,1-3H3,(H,26,30). The number of benzene rings is 2. The Balaban J connectivity index is 1.61. The van der Waals surface area contributed by atoms with Gasteiger partial charge in [0.05, 0.1) is 6.61 Å². The third kappa shape index (κ3) is 6.39. The van der Waals surface area contributed by atoms with Crippen molar-refractivity contribution >= 4 is 17.5 Å². The van der Waals surface area contributed by atoms with Crippen molar-refractivity contribution in [2.24, 2.45) is 0 Å². The first-order valence-corrected chi connectivity index (χ1v) is 11.2. The highest BCUT2D eigenvalue weighted by Gasteiger charge is 2.18. The van der Waals surface area contributed by atoms with E-state index >= 15 is 0 Å². The van der Waals surface area contributed by atoms with Gasteiger partial charge in [0, 0.05) is 45.0 Å². The van der Waals surface area contributed by atoms with Gasteiger partial charge in [-0.1, -0.05) is 12.1 Å². The van der Waals surface area contributed by atoms with Crippen LogP contribution in [0.5, 0.6) is 11.5 Å². The molecular formula is C25H33N3O4. The molecule has 0 radical (unpaired) electrons. The Labute approximate surface area is 190 Å². The first kappa shape index (κ1) is 23.4. The molecule has 7 heteroatoms. The summed E-state index contributed by atoms with van der Waals surface area (Å²) in [4.78, 5) is 29.0. The summed E-state index contributed by atoms with van der Waals surface area (Å²) in [7, 11) is 3.97. The van der Waals surface area contributed by atoms with Crippen LogP contribution >= 0.6 is 0 Å². The van der Waals surface area contributed by atoms with Gasteiger partial charge in [-0.3, -0.25) is 9.59 Å². The SMILES string of the molecule is CCOc1cc(C(=O)NCc2cccc(N(C)C)c2)ccc1OCC(=O)N1CCCCC1. The van der Waals surface area contributed by atoms with Crippen LogP contribution in [-0.4, -0.2) is 57.1 Å². The number of carbonyl (C=O) groups excluding carboxylic acids is 2. The highest BCUT2D eigenvalue weighted by atomic mass is 16.5. The Morgan fingerprint density at radius 3 is 2.50 bits per heavy atom. The second kappa shape index (κ2) is 11.4. The van der Waals surface area contributed by atoms with E-state index < -0.39 is 0 Å². The van der Waals surface area contributed by atoms with Gasteiger partial charge in [-0.05, 0) is 62.1 Å². The smallest absolute Gasteiger partial charge is 0.260 e. The molecule has 1 fully saturated rings. The molecule has 1 N–H and O–H groups in total. The third-order valence-corrected chi connectivity index (χ3v) is 5.45. The van der Waals surface area contributed by atoms with Crippen LogP contribution in [0.2, 0.25) is 0 Å². The number of rotatable bonds is 9. The molecule has 0 atom stereocenters. The van der Waals surface area contributed by atoms with Crippen LogP contribution in [0.1, 0.15) is 42.1 Å². The van der Waals surface area contributed by atoms with Gasteiger partial charge in [0.25, 0.3) is 11.8 Å². The van der Waals surface area contributed by atoms with E-state index in [1.165, 1.54) is 6.42 Å². The van der Waals surface area contributed by atoms with Crippen molar-refractivity contribution in [1.82, 2.24) is 10.2 Å². The van der Waals surface area contributed by atoms with Gasteiger partial charge in [-0.15, -0.1) is 0 Å². The number of hydrogen-bond acceptors (Lipinski definition) is 5. The molecule has 2 aromatic carbocycles. The number of ether oxygens (including phenoxy) is 2. The van der Waals surface area contributed by atoms with Crippen LogP contribution < -0.4 is 19.7 Å². The van der Waals surface area contributed by atoms with E-state index in [1.54, 1.807) is 18.2 Å². The third-order valence-electron chi connectivity index (χ3n) is 5.45. The van der Waals surface area contributed by atoms with Gasteiger partial charge in [-0.2, -0.15) is 0 Å². The lowest BCUT2D eigenvalue weighted by atomic mass is 10.1. The van der Waals surface area contributed by atoms with Gasteiger partial charge in [0.2, 0.25) is 0 Å². The zero-order valence-electron chi connectivity index (χ0n) is 19.2. The highest BCUT2D eigenvalue weighted by Crippen LogP contribution is 2.29. The number of nitrogens with zero attached hydrogens (tertiary/aromatic N) is 2. The van der Waals surface area contributed by atoms with Crippen molar-refractivity contribution in [2.45, 2.75) is 32.7 Å². The zero-order chi connectivity index (χ0) is 22.9. The van der Waals surface area contributed by atoms with Crippen LogP contribution in [0.3, 0.4) is 0 Å². The maximum Gasteiger partial charge on any atom is 0.260 e. The lowest BCUT2D eigenvalue weighted by Gasteiger charge is -2.26. The summed E-state index contributed by atoms with van der Waals surface area (Å²) in [6.07, 6.45) is 3.25. The fraction of sp³-hybridized carbons (Fsp3) is 0.440. The first-order chi connectivity index (χ1) is 15.5. The molecule has 2 amide bonds. The molecule has 172 valence electrons. The lowest BCUT2D eigenvalue weighted by Crippen LogP contribution is -2.38. The summed E-state index contributed by atoms with van der Waals surface area (Å²) >= 11 is 0. The summed E-state index contributed by atoms with van der Waals surface area (Å²) in [6.45, 7) is 4.26. The molecule has 3 rings (SSSR count). The van der Waals surface area contributed by atoms with Crippen molar-refractivity contribution in [3.63, 3.8) is 0 Å². The topological polar surface area (TPSA) is 71.1 Å². The maximum absolute atomic E-state index is 12.7. The van der Waals surface area contributed by atoms with E-state index in [2.05, 4.69) is 5.32 Å². The number of piperidine rings is 1. The molecule has 0 spiro atoms. The Bertz CT molecular complexity index is 923. The van der Waals surface area contributed by atoms with E-state index in [1.807, 2.05) is 55.1 Å². The quantitative estimate of drug-likeness (QED) is 0.648. The Hall–Kier alpha value is -3.22. The van der Waals surface area contributed by atoms with Gasteiger partial charge >= 0.3 is 0 Å². The summed E-state index contributed by atoms with van der Waals surface area (Å²) in [5, 5.41) is 2.95. The van der Waals surface area contributed by atoms with Gasteiger partial charge < -0.3 is 24.6 Å². The highest BCUT2D eigenvalue weighted by molar-refractivity contribution is 5.94. The second-order valence-corrected chi connectivity index (χ2v) is 8.07. The number of likely N-dealkylation sites (tertiary alicyclic amines) is 1. The molecule has 1 saturated heterocycles. The molecule has 0 aromatic heterocycles. The monoisotopic (exact) mass is 439 g/mol. The van der Waals surface area contributed by atoms with E-state index in [9.17, 15) is 9.59 Å². The largest absolute Gasteiger partial charge is 0.490 e. The molecule has 32 heavy (non-hydrogen) atoms. The van der Waals surface area contributed by atoms with Gasteiger partial charge in [0.1, 0.15) is 0 Å². The molecule has 1 heterocycles. The molecule has 0 unspecified atom stereocenters. The minimum atomic E-state index is -0.197. The number of carbonyl (C=O) groups is 2. The summed E-state index contributed by atoms with van der Waals surface area (Å²) in [6, 6.07) is 13.1. The molecule has 0 bridgehead atoms. The Morgan fingerprint density at radius 1 is 1.00 bits per heavy atom. The van der Waals surface area contributed by atoms with Gasteiger partial charge in [0.15, 0.2) is 18.1 Å². The van der Waals surface area contributed by atoms with Crippen molar-refractivity contribution in [1.29, 1.82) is 0 Å². The van der Waals surface area contributed by atoms with Crippen LogP contribution in [0.15, 0.2) is 42.5 Å². The van der Waals surface area contributed by atoms with Crippen LogP contribution in [0.4, 0.5) is 5.69 Å². The predicted octanol–water partition coefficient (Wildman–Crippen LogP) is 3.47. The molecule has 2 aromatic rings. The van der Waals surface area contributed by atoms with Crippen LogP contribution in [0, 0.1) is 0 Å². The first-order valence-electron chi connectivity index (χ1n) is 11.2. The summed E-state index contributed by atoms with van der Waals surface area (Å²) < 4.78 is 11.4. The normalized spacial score (nSPS) is 13.4. The number of amides is 2. The molecule has 1 aliphatic rings. The Kier molecular flexibility index (Phi) is 8.36. The number of anilines is 1.